The number of rotatable bonds is 7. The molecule has 0 spiro atoms. The van der Waals surface area contributed by atoms with Crippen molar-refractivity contribution in [1.29, 1.82) is 0 Å². The molecule has 0 aliphatic rings. The van der Waals surface area contributed by atoms with Crippen molar-refractivity contribution in [2.24, 2.45) is 0 Å². The molecule has 0 heterocycles. The predicted molar refractivity (Wildman–Crippen MR) is 127 cm³/mol. The third-order valence-electron chi connectivity index (χ3n) is 4.25. The van der Waals surface area contributed by atoms with Crippen LogP contribution in [0.3, 0.4) is 0 Å². The molecule has 0 saturated heterocycles. The Balaban J connectivity index is 1.56. The molecule has 31 heavy (non-hydrogen) atoms. The van der Waals surface area contributed by atoms with Crippen molar-refractivity contribution in [2.75, 3.05) is 17.2 Å². The summed E-state index contributed by atoms with van der Waals surface area (Å²) in [6.45, 7) is 2.40. The Bertz CT molecular complexity index is 1070. The van der Waals surface area contributed by atoms with E-state index in [1.807, 2.05) is 37.3 Å². The van der Waals surface area contributed by atoms with Gasteiger partial charge in [-0.1, -0.05) is 42.5 Å². The van der Waals surface area contributed by atoms with Crippen molar-refractivity contribution in [2.45, 2.75) is 13.3 Å². The molecular formula is C24H23N3O3S. The topological polar surface area (TPSA) is 79.5 Å². The van der Waals surface area contributed by atoms with Crippen LogP contribution < -0.4 is 20.7 Å². The molecule has 0 fully saturated rings. The molecule has 3 rings (SSSR count). The normalized spacial score (nSPS) is 10.1. The van der Waals surface area contributed by atoms with Crippen LogP contribution in [-0.2, 0) is 11.2 Å². The van der Waals surface area contributed by atoms with Crippen molar-refractivity contribution in [3.63, 3.8) is 0 Å². The van der Waals surface area contributed by atoms with Crippen LogP contribution in [0.15, 0.2) is 78.9 Å². The second kappa shape index (κ2) is 10.9. The minimum Gasteiger partial charge on any atom is -0.494 e. The summed E-state index contributed by atoms with van der Waals surface area (Å²) in [5.74, 6) is 0.160. The van der Waals surface area contributed by atoms with Gasteiger partial charge in [0, 0.05) is 16.9 Å². The van der Waals surface area contributed by atoms with Crippen molar-refractivity contribution in [1.82, 2.24) is 5.32 Å². The molecule has 3 aromatic carbocycles. The van der Waals surface area contributed by atoms with Gasteiger partial charge in [-0.25, -0.2) is 0 Å². The lowest BCUT2D eigenvalue weighted by atomic mass is 10.1. The smallest absolute Gasteiger partial charge is 0.257 e. The van der Waals surface area contributed by atoms with Crippen LogP contribution >= 0.6 is 12.2 Å². The van der Waals surface area contributed by atoms with Gasteiger partial charge in [0.25, 0.3) is 5.91 Å². The Morgan fingerprint density at radius 1 is 0.871 bits per heavy atom. The van der Waals surface area contributed by atoms with Crippen LogP contribution in [-0.4, -0.2) is 23.5 Å². The predicted octanol–water partition coefficient (Wildman–Crippen LogP) is 4.39. The van der Waals surface area contributed by atoms with Gasteiger partial charge in [-0.05, 0) is 61.1 Å². The highest BCUT2D eigenvalue weighted by Crippen LogP contribution is 2.16. The summed E-state index contributed by atoms with van der Waals surface area (Å²) in [7, 11) is 0. The number of carbonyl (C=O) groups is 2. The SMILES string of the molecule is CCOc1cccc(C(=O)NC(=S)Nc2cccc(NC(=O)Cc3ccccc3)c2)c1. The molecule has 0 aromatic heterocycles. The summed E-state index contributed by atoms with van der Waals surface area (Å²) in [6.07, 6.45) is 0.285. The van der Waals surface area contributed by atoms with E-state index in [0.717, 1.165) is 5.56 Å². The number of anilines is 2. The van der Waals surface area contributed by atoms with Crippen LogP contribution in [0.2, 0.25) is 0 Å². The quantitative estimate of drug-likeness (QED) is 0.482. The fraction of sp³-hybridized carbons (Fsp3) is 0.125. The number of carbonyl (C=O) groups excluding carboxylic acids is 2. The lowest BCUT2D eigenvalue weighted by Gasteiger charge is -2.12. The molecule has 0 radical (unpaired) electrons. The first kappa shape index (κ1) is 22.0. The number of benzene rings is 3. The Morgan fingerprint density at radius 2 is 1.58 bits per heavy atom. The highest BCUT2D eigenvalue weighted by molar-refractivity contribution is 7.80. The van der Waals surface area contributed by atoms with E-state index in [9.17, 15) is 9.59 Å². The van der Waals surface area contributed by atoms with E-state index < -0.39 is 0 Å². The van der Waals surface area contributed by atoms with E-state index in [4.69, 9.17) is 17.0 Å². The molecule has 0 bridgehead atoms. The zero-order valence-electron chi connectivity index (χ0n) is 17.1. The zero-order chi connectivity index (χ0) is 22.1. The van der Waals surface area contributed by atoms with Crippen molar-refractivity contribution in [3.05, 3.63) is 90.0 Å². The summed E-state index contributed by atoms with van der Waals surface area (Å²) in [5, 5.41) is 8.63. The third kappa shape index (κ3) is 6.94. The monoisotopic (exact) mass is 433 g/mol. The van der Waals surface area contributed by atoms with Crippen molar-refractivity contribution in [3.8, 4) is 5.75 Å². The van der Waals surface area contributed by atoms with Crippen LogP contribution in [0.25, 0.3) is 0 Å². The van der Waals surface area contributed by atoms with E-state index >= 15 is 0 Å². The average Bonchev–Trinajstić information content (AvgIpc) is 2.75. The standard InChI is InChI=1S/C24H23N3O3S/c1-2-30-21-13-6-10-18(15-21)23(29)27-24(31)26-20-12-7-11-19(16-20)25-22(28)14-17-8-4-3-5-9-17/h3-13,15-16H,2,14H2,1H3,(H,25,28)(H2,26,27,29,31). The summed E-state index contributed by atoms with van der Waals surface area (Å²) in [4.78, 5) is 24.7. The van der Waals surface area contributed by atoms with E-state index in [1.54, 1.807) is 48.5 Å². The molecule has 3 aromatic rings. The van der Waals surface area contributed by atoms with Gasteiger partial charge < -0.3 is 15.4 Å². The Labute approximate surface area is 186 Å². The maximum absolute atomic E-state index is 12.4. The third-order valence-corrected chi connectivity index (χ3v) is 4.45. The lowest BCUT2D eigenvalue weighted by Crippen LogP contribution is -2.34. The van der Waals surface area contributed by atoms with Crippen molar-refractivity contribution < 1.29 is 14.3 Å². The largest absolute Gasteiger partial charge is 0.494 e. The van der Waals surface area contributed by atoms with E-state index in [2.05, 4.69) is 16.0 Å². The van der Waals surface area contributed by atoms with E-state index in [0.29, 0.717) is 29.3 Å². The molecule has 0 saturated carbocycles. The molecule has 158 valence electrons. The molecule has 0 aliphatic heterocycles. The fourth-order valence-corrected chi connectivity index (χ4v) is 3.10. The van der Waals surface area contributed by atoms with Crippen molar-refractivity contribution >= 4 is 40.5 Å². The molecule has 3 N–H and O–H groups in total. The van der Waals surface area contributed by atoms with Crippen LogP contribution in [0.5, 0.6) is 5.75 Å². The van der Waals surface area contributed by atoms with E-state index in [1.165, 1.54) is 0 Å². The minimum atomic E-state index is -0.341. The number of amides is 2. The van der Waals surface area contributed by atoms with Gasteiger partial charge in [0.2, 0.25) is 5.91 Å². The zero-order valence-corrected chi connectivity index (χ0v) is 17.9. The minimum absolute atomic E-state index is 0.117. The van der Waals surface area contributed by atoms with Crippen LogP contribution in [0.1, 0.15) is 22.8 Å². The van der Waals surface area contributed by atoms with Gasteiger partial charge in [-0.15, -0.1) is 0 Å². The van der Waals surface area contributed by atoms with Gasteiger partial charge in [0.05, 0.1) is 13.0 Å². The van der Waals surface area contributed by atoms with Gasteiger partial charge in [0.1, 0.15) is 5.75 Å². The molecule has 0 unspecified atom stereocenters. The first-order valence-corrected chi connectivity index (χ1v) is 10.2. The number of hydrogen-bond donors (Lipinski definition) is 3. The highest BCUT2D eigenvalue weighted by Gasteiger charge is 2.10. The van der Waals surface area contributed by atoms with Gasteiger partial charge >= 0.3 is 0 Å². The first-order chi connectivity index (χ1) is 15.0. The second-order valence-electron chi connectivity index (χ2n) is 6.66. The molecule has 0 atom stereocenters. The summed E-state index contributed by atoms with van der Waals surface area (Å²) in [5.41, 5.74) is 2.65. The number of thiocarbonyl (C=S) groups is 1. The Hall–Kier alpha value is -3.71. The number of hydrogen-bond acceptors (Lipinski definition) is 4. The number of nitrogens with one attached hydrogen (secondary N) is 3. The van der Waals surface area contributed by atoms with Gasteiger partial charge in [-0.2, -0.15) is 0 Å². The first-order valence-electron chi connectivity index (χ1n) is 9.82. The summed E-state index contributed by atoms with van der Waals surface area (Å²) < 4.78 is 5.42. The molecule has 0 aliphatic carbocycles. The highest BCUT2D eigenvalue weighted by atomic mass is 32.1. The van der Waals surface area contributed by atoms with Gasteiger partial charge in [0.15, 0.2) is 5.11 Å². The van der Waals surface area contributed by atoms with Crippen LogP contribution in [0, 0.1) is 0 Å². The van der Waals surface area contributed by atoms with Crippen LogP contribution in [0.4, 0.5) is 11.4 Å². The molecule has 6 nitrogen and oxygen atoms in total. The summed E-state index contributed by atoms with van der Waals surface area (Å²) in [6, 6.07) is 23.5. The molecule has 7 heteroatoms. The molecular weight excluding hydrogens is 410 g/mol. The maximum Gasteiger partial charge on any atom is 0.257 e. The summed E-state index contributed by atoms with van der Waals surface area (Å²) >= 11 is 5.25. The lowest BCUT2D eigenvalue weighted by molar-refractivity contribution is -0.115. The fourth-order valence-electron chi connectivity index (χ4n) is 2.89. The van der Waals surface area contributed by atoms with E-state index in [-0.39, 0.29) is 23.3 Å². The maximum atomic E-state index is 12.4. The average molecular weight is 434 g/mol. The Morgan fingerprint density at radius 3 is 2.32 bits per heavy atom. The number of ether oxygens (including phenoxy) is 1. The van der Waals surface area contributed by atoms with Gasteiger partial charge in [-0.3, -0.25) is 14.9 Å². The molecule has 2 amide bonds. The Kier molecular flexibility index (Phi) is 7.73. The second-order valence-corrected chi connectivity index (χ2v) is 7.07.